The summed E-state index contributed by atoms with van der Waals surface area (Å²) in [6.07, 6.45) is 0. The Balaban J connectivity index is 1.76. The van der Waals surface area contributed by atoms with Gasteiger partial charge in [-0.05, 0) is 29.6 Å². The fourth-order valence-corrected chi connectivity index (χ4v) is 3.41. The highest BCUT2D eigenvalue weighted by molar-refractivity contribution is 7.13. The van der Waals surface area contributed by atoms with Crippen LogP contribution in [0, 0.1) is 5.82 Å². The average Bonchev–Trinajstić information content (AvgIpc) is 3.30. The van der Waals surface area contributed by atoms with Crippen LogP contribution < -0.4 is 5.32 Å². The second-order valence-corrected chi connectivity index (χ2v) is 6.65. The van der Waals surface area contributed by atoms with Crippen LogP contribution >= 0.6 is 11.3 Å². The van der Waals surface area contributed by atoms with Gasteiger partial charge in [-0.15, -0.1) is 16.4 Å². The third-order valence-electron chi connectivity index (χ3n) is 3.92. The molecule has 0 bridgehead atoms. The third kappa shape index (κ3) is 3.08. The van der Waals surface area contributed by atoms with Crippen LogP contribution in [-0.4, -0.2) is 51.1 Å². The van der Waals surface area contributed by atoms with E-state index in [-0.39, 0.29) is 18.3 Å². The number of nitrogens with zero attached hydrogens (tertiary/aromatic N) is 4. The van der Waals surface area contributed by atoms with E-state index < -0.39 is 11.7 Å². The number of rotatable bonds is 3. The van der Waals surface area contributed by atoms with Crippen molar-refractivity contribution in [2.75, 3.05) is 19.6 Å². The Bertz CT molecular complexity index is 969. The summed E-state index contributed by atoms with van der Waals surface area (Å²) in [5.41, 5.74) is 0.469. The van der Waals surface area contributed by atoms with Gasteiger partial charge in [-0.25, -0.2) is 14.1 Å². The predicted octanol–water partition coefficient (Wildman–Crippen LogP) is 1.71. The lowest BCUT2D eigenvalue weighted by molar-refractivity contribution is -0.123. The lowest BCUT2D eigenvalue weighted by Crippen LogP contribution is -2.50. The van der Waals surface area contributed by atoms with E-state index in [4.69, 9.17) is 0 Å². The standard InChI is InChI=1S/C17H14FN5O2S/c18-11-3-1-4-12(9-11)23-16(13-5-2-8-26-13)20-15(21-23)17(25)22-7-6-19-14(24)10-22/h1-5,8-9H,6-7,10H2,(H,19,24). The molecule has 1 aliphatic heterocycles. The van der Waals surface area contributed by atoms with E-state index in [0.717, 1.165) is 4.88 Å². The van der Waals surface area contributed by atoms with Crippen molar-refractivity contribution in [3.63, 3.8) is 0 Å². The Kier molecular flexibility index (Phi) is 4.21. The second kappa shape index (κ2) is 6.68. The van der Waals surface area contributed by atoms with Gasteiger partial charge in [0.1, 0.15) is 12.4 Å². The molecule has 1 saturated heterocycles. The summed E-state index contributed by atoms with van der Waals surface area (Å²) in [5, 5.41) is 8.86. The smallest absolute Gasteiger partial charge is 0.294 e. The van der Waals surface area contributed by atoms with E-state index in [2.05, 4.69) is 15.4 Å². The molecule has 2 amide bonds. The van der Waals surface area contributed by atoms with Crippen molar-refractivity contribution < 1.29 is 14.0 Å². The molecular formula is C17H14FN5O2S. The van der Waals surface area contributed by atoms with Crippen LogP contribution in [0.4, 0.5) is 4.39 Å². The first-order valence-electron chi connectivity index (χ1n) is 7.94. The molecule has 1 aliphatic rings. The zero-order valence-electron chi connectivity index (χ0n) is 13.6. The number of halogens is 1. The Morgan fingerprint density at radius 1 is 1.27 bits per heavy atom. The molecule has 1 fully saturated rings. The molecule has 3 aromatic rings. The van der Waals surface area contributed by atoms with Gasteiger partial charge in [-0.2, -0.15) is 0 Å². The van der Waals surface area contributed by atoms with Crippen LogP contribution in [-0.2, 0) is 4.79 Å². The molecule has 1 aromatic carbocycles. The number of piperazine rings is 1. The first-order chi connectivity index (χ1) is 12.6. The van der Waals surface area contributed by atoms with E-state index in [0.29, 0.717) is 24.6 Å². The number of benzene rings is 1. The van der Waals surface area contributed by atoms with E-state index in [1.54, 1.807) is 12.1 Å². The molecule has 7 nitrogen and oxygen atoms in total. The molecule has 3 heterocycles. The molecule has 0 radical (unpaired) electrons. The molecule has 0 saturated carbocycles. The Morgan fingerprint density at radius 2 is 2.15 bits per heavy atom. The number of thiophene rings is 1. The Morgan fingerprint density at radius 3 is 2.88 bits per heavy atom. The molecule has 0 aliphatic carbocycles. The number of nitrogens with one attached hydrogen (secondary N) is 1. The van der Waals surface area contributed by atoms with E-state index in [1.807, 2.05) is 17.5 Å². The number of carbonyl (C=O) groups is 2. The summed E-state index contributed by atoms with van der Waals surface area (Å²) in [5.74, 6) is -0.612. The number of hydrogen-bond acceptors (Lipinski definition) is 5. The van der Waals surface area contributed by atoms with Crippen molar-refractivity contribution in [1.29, 1.82) is 0 Å². The number of hydrogen-bond donors (Lipinski definition) is 1. The highest BCUT2D eigenvalue weighted by Gasteiger charge is 2.27. The lowest BCUT2D eigenvalue weighted by atomic mass is 10.3. The first-order valence-corrected chi connectivity index (χ1v) is 8.82. The van der Waals surface area contributed by atoms with Crippen LogP contribution in [0.3, 0.4) is 0 Å². The van der Waals surface area contributed by atoms with Crippen LogP contribution in [0.25, 0.3) is 16.4 Å². The summed E-state index contributed by atoms with van der Waals surface area (Å²) in [7, 11) is 0. The minimum atomic E-state index is -0.423. The van der Waals surface area contributed by atoms with Gasteiger partial charge < -0.3 is 10.2 Å². The molecule has 132 valence electrons. The maximum absolute atomic E-state index is 13.6. The van der Waals surface area contributed by atoms with Crippen molar-refractivity contribution in [3.8, 4) is 16.4 Å². The topological polar surface area (TPSA) is 80.1 Å². The number of aromatic nitrogens is 3. The van der Waals surface area contributed by atoms with Gasteiger partial charge in [0.15, 0.2) is 5.82 Å². The summed E-state index contributed by atoms with van der Waals surface area (Å²) >= 11 is 1.44. The Hall–Kier alpha value is -3.07. The van der Waals surface area contributed by atoms with Gasteiger partial charge in [-0.1, -0.05) is 12.1 Å². The van der Waals surface area contributed by atoms with Gasteiger partial charge in [0.25, 0.3) is 5.91 Å². The summed E-state index contributed by atoms with van der Waals surface area (Å²) < 4.78 is 15.1. The van der Waals surface area contributed by atoms with Gasteiger partial charge >= 0.3 is 0 Å². The van der Waals surface area contributed by atoms with Crippen molar-refractivity contribution in [1.82, 2.24) is 25.0 Å². The SMILES string of the molecule is O=C1CN(C(=O)c2nc(-c3cccs3)n(-c3cccc(F)c3)n2)CCN1. The highest BCUT2D eigenvalue weighted by Crippen LogP contribution is 2.26. The molecule has 9 heteroatoms. The summed E-state index contributed by atoms with van der Waals surface area (Å²) in [6, 6.07) is 9.64. The molecule has 0 atom stereocenters. The monoisotopic (exact) mass is 371 g/mol. The largest absolute Gasteiger partial charge is 0.353 e. The molecule has 0 unspecified atom stereocenters. The Labute approximate surface area is 152 Å². The fraction of sp³-hybridized carbons (Fsp3) is 0.176. The molecule has 2 aromatic heterocycles. The van der Waals surface area contributed by atoms with Crippen LogP contribution in [0.15, 0.2) is 41.8 Å². The highest BCUT2D eigenvalue weighted by atomic mass is 32.1. The van der Waals surface area contributed by atoms with Gasteiger partial charge in [0, 0.05) is 13.1 Å². The zero-order chi connectivity index (χ0) is 18.1. The first kappa shape index (κ1) is 16.4. The maximum atomic E-state index is 13.6. The minimum absolute atomic E-state index is 0.0210. The van der Waals surface area contributed by atoms with E-state index in [1.165, 1.54) is 33.1 Å². The molecular weight excluding hydrogens is 357 g/mol. The maximum Gasteiger partial charge on any atom is 0.294 e. The van der Waals surface area contributed by atoms with Gasteiger partial charge in [0.2, 0.25) is 11.7 Å². The van der Waals surface area contributed by atoms with Crippen molar-refractivity contribution >= 4 is 23.2 Å². The zero-order valence-corrected chi connectivity index (χ0v) is 14.4. The van der Waals surface area contributed by atoms with Crippen LogP contribution in [0.5, 0.6) is 0 Å². The van der Waals surface area contributed by atoms with Crippen molar-refractivity contribution in [2.45, 2.75) is 0 Å². The van der Waals surface area contributed by atoms with Gasteiger partial charge in [0.05, 0.1) is 10.6 Å². The summed E-state index contributed by atoms with van der Waals surface area (Å²) in [6.45, 7) is 0.766. The van der Waals surface area contributed by atoms with Gasteiger partial charge in [-0.3, -0.25) is 9.59 Å². The number of amides is 2. The lowest BCUT2D eigenvalue weighted by Gasteiger charge is -2.25. The predicted molar refractivity (Wildman–Crippen MR) is 93.5 cm³/mol. The van der Waals surface area contributed by atoms with E-state index >= 15 is 0 Å². The molecule has 26 heavy (non-hydrogen) atoms. The fourth-order valence-electron chi connectivity index (χ4n) is 2.71. The molecule has 0 spiro atoms. The second-order valence-electron chi connectivity index (χ2n) is 5.70. The summed E-state index contributed by atoms with van der Waals surface area (Å²) in [4.78, 5) is 30.8. The van der Waals surface area contributed by atoms with Crippen LogP contribution in [0.2, 0.25) is 0 Å². The minimum Gasteiger partial charge on any atom is -0.353 e. The number of carbonyl (C=O) groups excluding carboxylic acids is 2. The average molecular weight is 371 g/mol. The molecule has 1 N–H and O–H groups in total. The van der Waals surface area contributed by atoms with Crippen molar-refractivity contribution in [3.05, 3.63) is 53.4 Å². The third-order valence-corrected chi connectivity index (χ3v) is 4.78. The molecule has 4 rings (SSSR count). The quantitative estimate of drug-likeness (QED) is 0.760. The van der Waals surface area contributed by atoms with E-state index in [9.17, 15) is 14.0 Å². The normalized spacial score (nSPS) is 14.3. The van der Waals surface area contributed by atoms with Crippen molar-refractivity contribution in [2.24, 2.45) is 0 Å². The van der Waals surface area contributed by atoms with Crippen LogP contribution in [0.1, 0.15) is 10.6 Å².